The van der Waals surface area contributed by atoms with Gasteiger partial charge in [0, 0.05) is 25.1 Å². The number of hydrogen-bond acceptors (Lipinski definition) is 4. The molecule has 0 aliphatic heterocycles. The van der Waals surface area contributed by atoms with Crippen LogP contribution in [-0.2, 0) is 21.2 Å². The number of rotatable bonds is 9. The topological polar surface area (TPSA) is 92.3 Å². The average molecular weight is 443 g/mol. The maximum absolute atomic E-state index is 12.2. The number of nitrogens with one attached hydrogen (secondary N) is 2. The zero-order valence-electron chi connectivity index (χ0n) is 15.2. The van der Waals surface area contributed by atoms with Crippen molar-refractivity contribution in [3.8, 4) is 0 Å². The van der Waals surface area contributed by atoms with E-state index in [0.717, 1.165) is 5.56 Å². The molecule has 0 aliphatic carbocycles. The summed E-state index contributed by atoms with van der Waals surface area (Å²) in [5.74, 6) is -0.430. The minimum atomic E-state index is -3.75. The number of sulfonamides is 1. The van der Waals surface area contributed by atoms with Crippen LogP contribution in [0.15, 0.2) is 47.4 Å². The second-order valence-electron chi connectivity index (χ2n) is 6.04. The molecule has 9 heteroatoms. The fraction of sp³-hybridized carbons (Fsp3) is 0.263. The van der Waals surface area contributed by atoms with Gasteiger partial charge in [0.1, 0.15) is 0 Å². The highest BCUT2D eigenvalue weighted by molar-refractivity contribution is 7.89. The van der Waals surface area contributed by atoms with E-state index >= 15 is 0 Å². The Kier molecular flexibility index (Phi) is 8.00. The first-order valence-corrected chi connectivity index (χ1v) is 10.7. The van der Waals surface area contributed by atoms with Gasteiger partial charge in [0.25, 0.3) is 0 Å². The minimum absolute atomic E-state index is 0.00592. The van der Waals surface area contributed by atoms with Crippen molar-refractivity contribution >= 4 is 44.9 Å². The lowest BCUT2D eigenvalue weighted by molar-refractivity contribution is -0.120. The van der Waals surface area contributed by atoms with E-state index in [4.69, 9.17) is 23.2 Å². The molecule has 0 heterocycles. The predicted molar refractivity (Wildman–Crippen MR) is 109 cm³/mol. The SMILES string of the molecule is CC(=O)c1ccc(S(=O)(=O)NCCC(=O)NCCc2cccc(Cl)c2Cl)cc1. The molecule has 0 fully saturated rings. The third-order valence-electron chi connectivity index (χ3n) is 3.96. The molecule has 0 aliphatic rings. The molecule has 2 N–H and O–H groups in total. The molecule has 2 aromatic rings. The molecule has 0 saturated heterocycles. The Morgan fingerprint density at radius 1 is 1.00 bits per heavy atom. The Morgan fingerprint density at radius 3 is 2.32 bits per heavy atom. The summed E-state index contributed by atoms with van der Waals surface area (Å²) < 4.78 is 26.8. The fourth-order valence-corrected chi connectivity index (χ4v) is 3.86. The molecule has 0 unspecified atom stereocenters. The molecule has 28 heavy (non-hydrogen) atoms. The van der Waals surface area contributed by atoms with Crippen LogP contribution < -0.4 is 10.0 Å². The molecule has 0 atom stereocenters. The Labute approximate surface area is 174 Å². The molecule has 2 rings (SSSR count). The van der Waals surface area contributed by atoms with Crippen LogP contribution in [0.2, 0.25) is 10.0 Å². The van der Waals surface area contributed by atoms with Crippen LogP contribution in [0.4, 0.5) is 0 Å². The zero-order valence-corrected chi connectivity index (χ0v) is 17.5. The van der Waals surface area contributed by atoms with E-state index < -0.39 is 10.0 Å². The molecule has 0 spiro atoms. The first-order chi connectivity index (χ1) is 13.2. The number of hydrogen-bond donors (Lipinski definition) is 2. The van der Waals surface area contributed by atoms with Gasteiger partial charge in [-0.1, -0.05) is 47.5 Å². The third-order valence-corrected chi connectivity index (χ3v) is 6.30. The van der Waals surface area contributed by atoms with E-state index in [1.54, 1.807) is 12.1 Å². The first kappa shape index (κ1) is 22.4. The van der Waals surface area contributed by atoms with Gasteiger partial charge >= 0.3 is 0 Å². The minimum Gasteiger partial charge on any atom is -0.356 e. The van der Waals surface area contributed by atoms with Crippen LogP contribution in [0.3, 0.4) is 0 Å². The van der Waals surface area contributed by atoms with Crippen LogP contribution in [-0.4, -0.2) is 33.2 Å². The molecular formula is C19H20Cl2N2O4S. The lowest BCUT2D eigenvalue weighted by Gasteiger charge is -2.09. The standard InChI is InChI=1S/C19H20Cl2N2O4S/c1-13(24)14-5-7-16(8-6-14)28(26,27)23-12-10-18(25)22-11-9-15-3-2-4-17(20)19(15)21/h2-8,23H,9-12H2,1H3,(H,22,25). The van der Waals surface area contributed by atoms with Gasteiger partial charge in [-0.15, -0.1) is 0 Å². The van der Waals surface area contributed by atoms with Crippen LogP contribution in [0.25, 0.3) is 0 Å². The molecule has 0 aromatic heterocycles. The van der Waals surface area contributed by atoms with Gasteiger partial charge in [0.2, 0.25) is 15.9 Å². The Bertz CT molecular complexity index is 960. The van der Waals surface area contributed by atoms with Gasteiger partial charge < -0.3 is 5.32 Å². The normalized spacial score (nSPS) is 11.2. The molecule has 6 nitrogen and oxygen atoms in total. The van der Waals surface area contributed by atoms with Crippen molar-refractivity contribution in [3.05, 3.63) is 63.6 Å². The van der Waals surface area contributed by atoms with Gasteiger partial charge in [0.05, 0.1) is 14.9 Å². The highest BCUT2D eigenvalue weighted by Gasteiger charge is 2.14. The van der Waals surface area contributed by atoms with E-state index in [-0.39, 0.29) is 29.6 Å². The van der Waals surface area contributed by atoms with Gasteiger partial charge in [-0.25, -0.2) is 13.1 Å². The number of Topliss-reactive ketones (excluding diaryl/α,β-unsaturated/α-hetero) is 1. The molecule has 1 amide bonds. The third kappa shape index (κ3) is 6.31. The summed E-state index contributed by atoms with van der Waals surface area (Å²) in [6.07, 6.45) is 0.507. The van der Waals surface area contributed by atoms with E-state index in [1.807, 2.05) is 6.07 Å². The number of carbonyl (C=O) groups is 2. The van der Waals surface area contributed by atoms with E-state index in [2.05, 4.69) is 10.0 Å². The van der Waals surface area contributed by atoms with Gasteiger partial charge in [-0.2, -0.15) is 0 Å². The summed E-state index contributed by atoms with van der Waals surface area (Å²) in [5.41, 5.74) is 1.25. The Hall–Kier alpha value is -1.93. The highest BCUT2D eigenvalue weighted by atomic mass is 35.5. The zero-order chi connectivity index (χ0) is 20.7. The van der Waals surface area contributed by atoms with Gasteiger partial charge in [-0.3, -0.25) is 9.59 Å². The van der Waals surface area contributed by atoms with Crippen molar-refractivity contribution in [1.29, 1.82) is 0 Å². The summed E-state index contributed by atoms with van der Waals surface area (Å²) in [6.45, 7) is 1.72. The van der Waals surface area contributed by atoms with E-state index in [9.17, 15) is 18.0 Å². The second-order valence-corrected chi connectivity index (χ2v) is 8.59. The molecule has 0 bridgehead atoms. The maximum Gasteiger partial charge on any atom is 0.240 e. The van der Waals surface area contributed by atoms with E-state index in [0.29, 0.717) is 28.6 Å². The van der Waals surface area contributed by atoms with E-state index in [1.165, 1.54) is 31.2 Å². The molecule has 0 radical (unpaired) electrons. The molecule has 0 saturated carbocycles. The maximum atomic E-state index is 12.2. The largest absolute Gasteiger partial charge is 0.356 e. The van der Waals surface area contributed by atoms with Crippen molar-refractivity contribution < 1.29 is 18.0 Å². The summed E-state index contributed by atoms with van der Waals surface area (Å²) >= 11 is 12.0. The van der Waals surface area contributed by atoms with Crippen LogP contribution in [0, 0.1) is 0 Å². The lowest BCUT2D eigenvalue weighted by Crippen LogP contribution is -2.31. The van der Waals surface area contributed by atoms with Crippen molar-refractivity contribution in [2.45, 2.75) is 24.7 Å². The monoisotopic (exact) mass is 442 g/mol. The molecular weight excluding hydrogens is 423 g/mol. The number of amides is 1. The number of halogens is 2. The Balaban J connectivity index is 1.78. The lowest BCUT2D eigenvalue weighted by atomic mass is 10.1. The van der Waals surface area contributed by atoms with Crippen molar-refractivity contribution in [2.75, 3.05) is 13.1 Å². The summed E-state index contributed by atoms with van der Waals surface area (Å²) in [4.78, 5) is 23.2. The number of benzene rings is 2. The summed E-state index contributed by atoms with van der Waals surface area (Å²) in [5, 5.41) is 3.63. The van der Waals surface area contributed by atoms with Crippen molar-refractivity contribution in [1.82, 2.24) is 10.0 Å². The first-order valence-electron chi connectivity index (χ1n) is 8.51. The molecule has 2 aromatic carbocycles. The smallest absolute Gasteiger partial charge is 0.240 e. The van der Waals surface area contributed by atoms with Gasteiger partial charge in [0.15, 0.2) is 5.78 Å². The summed E-state index contributed by atoms with van der Waals surface area (Å²) in [6, 6.07) is 10.9. The van der Waals surface area contributed by atoms with Crippen LogP contribution in [0.5, 0.6) is 0 Å². The van der Waals surface area contributed by atoms with Crippen LogP contribution >= 0.6 is 23.2 Å². The van der Waals surface area contributed by atoms with Crippen molar-refractivity contribution in [3.63, 3.8) is 0 Å². The average Bonchev–Trinajstić information content (AvgIpc) is 2.65. The fourth-order valence-electron chi connectivity index (χ4n) is 2.42. The second kappa shape index (κ2) is 10.0. The molecule has 150 valence electrons. The van der Waals surface area contributed by atoms with Crippen LogP contribution in [0.1, 0.15) is 29.3 Å². The Morgan fingerprint density at radius 2 is 1.68 bits per heavy atom. The number of ketones is 1. The number of carbonyl (C=O) groups excluding carboxylic acids is 2. The van der Waals surface area contributed by atoms with Gasteiger partial charge in [-0.05, 0) is 37.1 Å². The van der Waals surface area contributed by atoms with Crippen molar-refractivity contribution in [2.24, 2.45) is 0 Å². The summed E-state index contributed by atoms with van der Waals surface area (Å²) in [7, 11) is -3.75. The highest BCUT2D eigenvalue weighted by Crippen LogP contribution is 2.25. The predicted octanol–water partition coefficient (Wildman–Crippen LogP) is 3.22. The quantitative estimate of drug-likeness (QED) is 0.583.